The molecule has 0 aromatic heterocycles. The zero-order valence-corrected chi connectivity index (χ0v) is 11.0. The molecule has 0 saturated heterocycles. The quantitative estimate of drug-likeness (QED) is 0.643. The van der Waals surface area contributed by atoms with Gasteiger partial charge in [0.05, 0.1) is 0 Å². The third-order valence-electron chi connectivity index (χ3n) is 2.19. The van der Waals surface area contributed by atoms with Crippen molar-refractivity contribution in [2.75, 3.05) is 12.0 Å². The zero-order valence-electron chi connectivity index (χ0n) is 10.2. The topological polar surface area (TPSA) is 66.4 Å². The van der Waals surface area contributed by atoms with E-state index in [2.05, 4.69) is 5.32 Å². The summed E-state index contributed by atoms with van der Waals surface area (Å²) in [6.07, 6.45) is 3.92. The Kier molecular flexibility index (Phi) is 7.21. The van der Waals surface area contributed by atoms with Crippen LogP contribution in [0.4, 0.5) is 0 Å². The van der Waals surface area contributed by atoms with Crippen LogP contribution in [0, 0.1) is 0 Å². The molecule has 0 aromatic carbocycles. The lowest BCUT2D eigenvalue weighted by Crippen LogP contribution is -2.43. The molecule has 0 heterocycles. The summed E-state index contributed by atoms with van der Waals surface area (Å²) in [5.41, 5.74) is -0.436. The molecule has 0 spiro atoms. The van der Waals surface area contributed by atoms with Gasteiger partial charge < -0.3 is 10.4 Å². The highest BCUT2D eigenvalue weighted by atomic mass is 32.2. The number of carbonyl (C=O) groups is 2. The third kappa shape index (κ3) is 8.59. The number of hydrogen-bond donors (Lipinski definition) is 2. The highest BCUT2D eigenvalue weighted by Gasteiger charge is 2.20. The van der Waals surface area contributed by atoms with E-state index in [1.54, 1.807) is 11.8 Å². The molecular formula is C11H21NO3S. The molecule has 0 unspecified atom stereocenters. The first-order valence-electron chi connectivity index (χ1n) is 5.39. The summed E-state index contributed by atoms with van der Waals surface area (Å²) in [7, 11) is 0. The molecule has 1 amide bonds. The van der Waals surface area contributed by atoms with Crippen LogP contribution in [0.1, 0.15) is 39.5 Å². The van der Waals surface area contributed by atoms with Gasteiger partial charge in [-0.3, -0.25) is 9.59 Å². The molecule has 0 aliphatic carbocycles. The molecule has 5 heteroatoms. The number of carboxylic acid groups (broad SMARTS) is 1. The average molecular weight is 247 g/mol. The Morgan fingerprint density at radius 2 is 1.94 bits per heavy atom. The Hall–Kier alpha value is -0.710. The summed E-state index contributed by atoms with van der Waals surface area (Å²) < 4.78 is 0. The SMILES string of the molecule is CSCCCC(=O)NC(C)(C)CCC(=O)O. The van der Waals surface area contributed by atoms with Crippen LogP contribution in [0.15, 0.2) is 0 Å². The number of nitrogens with one attached hydrogen (secondary N) is 1. The van der Waals surface area contributed by atoms with E-state index < -0.39 is 11.5 Å². The van der Waals surface area contributed by atoms with Crippen molar-refractivity contribution in [3.63, 3.8) is 0 Å². The van der Waals surface area contributed by atoms with E-state index in [9.17, 15) is 9.59 Å². The van der Waals surface area contributed by atoms with Crippen LogP contribution in [0.3, 0.4) is 0 Å². The van der Waals surface area contributed by atoms with Crippen LogP contribution in [0.25, 0.3) is 0 Å². The van der Waals surface area contributed by atoms with Gasteiger partial charge in [-0.2, -0.15) is 11.8 Å². The Bertz CT molecular complexity index is 241. The molecule has 0 radical (unpaired) electrons. The lowest BCUT2D eigenvalue weighted by Gasteiger charge is -2.25. The van der Waals surface area contributed by atoms with Crippen LogP contribution < -0.4 is 5.32 Å². The van der Waals surface area contributed by atoms with E-state index in [0.717, 1.165) is 12.2 Å². The van der Waals surface area contributed by atoms with Crippen LogP contribution in [-0.2, 0) is 9.59 Å². The second-order valence-electron chi connectivity index (χ2n) is 4.42. The standard InChI is InChI=1S/C11H21NO3S/c1-11(2,7-6-10(14)15)12-9(13)5-4-8-16-3/h4-8H2,1-3H3,(H,12,13)(H,14,15). The summed E-state index contributed by atoms with van der Waals surface area (Å²) in [5, 5.41) is 11.4. The molecule has 0 aromatic rings. The predicted octanol–water partition coefficient (Wildman–Crippen LogP) is 1.89. The van der Waals surface area contributed by atoms with E-state index in [1.807, 2.05) is 20.1 Å². The highest BCUT2D eigenvalue weighted by molar-refractivity contribution is 7.98. The first kappa shape index (κ1) is 15.3. The van der Waals surface area contributed by atoms with Gasteiger partial charge in [-0.25, -0.2) is 0 Å². The fourth-order valence-electron chi connectivity index (χ4n) is 1.30. The van der Waals surface area contributed by atoms with E-state index in [-0.39, 0.29) is 12.3 Å². The fourth-order valence-corrected chi connectivity index (χ4v) is 1.73. The highest BCUT2D eigenvalue weighted by Crippen LogP contribution is 2.12. The van der Waals surface area contributed by atoms with Gasteiger partial charge in [0.25, 0.3) is 0 Å². The Balaban J connectivity index is 3.85. The molecule has 2 N–H and O–H groups in total. The maximum absolute atomic E-state index is 11.5. The van der Waals surface area contributed by atoms with Gasteiger partial charge >= 0.3 is 5.97 Å². The molecule has 16 heavy (non-hydrogen) atoms. The fraction of sp³-hybridized carbons (Fsp3) is 0.818. The number of thioether (sulfide) groups is 1. The van der Waals surface area contributed by atoms with E-state index in [1.165, 1.54) is 0 Å². The number of rotatable bonds is 8. The van der Waals surface area contributed by atoms with Crippen LogP contribution >= 0.6 is 11.8 Å². The molecule has 0 rings (SSSR count). The number of aliphatic carboxylic acids is 1. The summed E-state index contributed by atoms with van der Waals surface area (Å²) in [6, 6.07) is 0. The summed E-state index contributed by atoms with van der Waals surface area (Å²) in [5.74, 6) is 0.150. The van der Waals surface area contributed by atoms with Gasteiger partial charge in [-0.1, -0.05) is 0 Å². The van der Waals surface area contributed by atoms with Crippen molar-refractivity contribution in [2.24, 2.45) is 0 Å². The minimum atomic E-state index is -0.829. The number of carboxylic acids is 1. The lowest BCUT2D eigenvalue weighted by atomic mass is 9.98. The number of hydrogen-bond acceptors (Lipinski definition) is 3. The van der Waals surface area contributed by atoms with Crippen molar-refractivity contribution in [1.29, 1.82) is 0 Å². The molecule has 0 bridgehead atoms. The van der Waals surface area contributed by atoms with Gasteiger partial charge in [-0.15, -0.1) is 0 Å². The van der Waals surface area contributed by atoms with Gasteiger partial charge in [-0.05, 0) is 38.7 Å². The van der Waals surface area contributed by atoms with Crippen molar-refractivity contribution in [1.82, 2.24) is 5.32 Å². The predicted molar refractivity (Wildman–Crippen MR) is 66.7 cm³/mol. The minimum Gasteiger partial charge on any atom is -0.481 e. The Labute approximate surface area is 101 Å². The van der Waals surface area contributed by atoms with Gasteiger partial charge in [0, 0.05) is 18.4 Å². The van der Waals surface area contributed by atoms with Crippen molar-refractivity contribution < 1.29 is 14.7 Å². The zero-order chi connectivity index (χ0) is 12.6. The normalized spacial score (nSPS) is 11.2. The van der Waals surface area contributed by atoms with Crippen LogP contribution in [0.2, 0.25) is 0 Å². The molecule has 0 aliphatic rings. The minimum absolute atomic E-state index is 0.00411. The first-order valence-corrected chi connectivity index (χ1v) is 6.78. The molecular weight excluding hydrogens is 226 g/mol. The van der Waals surface area contributed by atoms with Crippen LogP contribution in [-0.4, -0.2) is 34.5 Å². The maximum atomic E-state index is 11.5. The molecule has 0 atom stereocenters. The van der Waals surface area contributed by atoms with Crippen molar-refractivity contribution in [3.8, 4) is 0 Å². The van der Waals surface area contributed by atoms with Crippen molar-refractivity contribution >= 4 is 23.6 Å². The van der Waals surface area contributed by atoms with Gasteiger partial charge in [0.2, 0.25) is 5.91 Å². The monoisotopic (exact) mass is 247 g/mol. The second kappa shape index (κ2) is 7.54. The molecule has 4 nitrogen and oxygen atoms in total. The summed E-state index contributed by atoms with van der Waals surface area (Å²) in [6.45, 7) is 3.70. The third-order valence-corrected chi connectivity index (χ3v) is 2.89. The average Bonchev–Trinajstić information content (AvgIpc) is 2.15. The van der Waals surface area contributed by atoms with Crippen molar-refractivity contribution in [2.45, 2.75) is 45.1 Å². The summed E-state index contributed by atoms with van der Waals surface area (Å²) in [4.78, 5) is 21.9. The van der Waals surface area contributed by atoms with Crippen LogP contribution in [0.5, 0.6) is 0 Å². The van der Waals surface area contributed by atoms with E-state index >= 15 is 0 Å². The molecule has 0 saturated carbocycles. The number of carbonyl (C=O) groups excluding carboxylic acids is 1. The largest absolute Gasteiger partial charge is 0.481 e. The van der Waals surface area contributed by atoms with Gasteiger partial charge in [0.1, 0.15) is 0 Å². The first-order chi connectivity index (χ1) is 7.37. The number of amides is 1. The van der Waals surface area contributed by atoms with E-state index in [0.29, 0.717) is 12.8 Å². The van der Waals surface area contributed by atoms with E-state index in [4.69, 9.17) is 5.11 Å². The molecule has 94 valence electrons. The molecule has 0 aliphatic heterocycles. The maximum Gasteiger partial charge on any atom is 0.303 e. The Morgan fingerprint density at radius 1 is 1.31 bits per heavy atom. The Morgan fingerprint density at radius 3 is 2.44 bits per heavy atom. The second-order valence-corrected chi connectivity index (χ2v) is 5.41. The smallest absolute Gasteiger partial charge is 0.303 e. The van der Waals surface area contributed by atoms with Crippen molar-refractivity contribution in [3.05, 3.63) is 0 Å². The van der Waals surface area contributed by atoms with Gasteiger partial charge in [0.15, 0.2) is 0 Å². The summed E-state index contributed by atoms with van der Waals surface area (Å²) >= 11 is 1.72. The molecule has 0 fully saturated rings. The lowest BCUT2D eigenvalue weighted by molar-refractivity contribution is -0.137.